The van der Waals surface area contributed by atoms with Crippen molar-refractivity contribution in [3.63, 3.8) is 0 Å². The van der Waals surface area contributed by atoms with Crippen LogP contribution in [-0.2, 0) is 6.18 Å². The van der Waals surface area contributed by atoms with Gasteiger partial charge >= 0.3 is 6.18 Å². The molecule has 0 radical (unpaired) electrons. The molecule has 0 amide bonds. The van der Waals surface area contributed by atoms with Gasteiger partial charge in [-0.1, -0.05) is 0 Å². The van der Waals surface area contributed by atoms with Gasteiger partial charge in [0.25, 0.3) is 0 Å². The van der Waals surface area contributed by atoms with E-state index in [1.807, 2.05) is 0 Å². The Morgan fingerprint density at radius 1 is 0.654 bits per heavy atom. The molecule has 0 saturated carbocycles. The lowest BCUT2D eigenvalue weighted by Crippen LogP contribution is -2.11. The van der Waals surface area contributed by atoms with Crippen LogP contribution >= 0.6 is 0 Å². The molecule has 2 aromatic carbocycles. The standard InChI is InChI=1S/C17H7F7N2/c18-10-6-9(16-25-2-1-3-26-16)7-11(19)14(10)8-4-12(20)15(13(21)5-8)17(22,23)24/h1-7H. The number of benzene rings is 2. The number of halogens is 7. The SMILES string of the molecule is Fc1cc(-c2ncccn2)cc(F)c1-c1cc(F)c(C(F)(F)F)c(F)c1. The molecule has 1 heterocycles. The maximum Gasteiger partial charge on any atom is 0.422 e. The van der Waals surface area contributed by atoms with Crippen LogP contribution < -0.4 is 0 Å². The molecule has 0 atom stereocenters. The second-order valence-electron chi connectivity index (χ2n) is 5.20. The molecule has 3 rings (SSSR count). The lowest BCUT2D eigenvalue weighted by Gasteiger charge is -2.12. The third-order valence-electron chi connectivity index (χ3n) is 3.48. The predicted octanol–water partition coefficient (Wildman–Crippen LogP) is 5.39. The third kappa shape index (κ3) is 3.24. The highest BCUT2D eigenvalue weighted by Gasteiger charge is 2.38. The van der Waals surface area contributed by atoms with Gasteiger partial charge in [-0.2, -0.15) is 13.2 Å². The summed E-state index contributed by atoms with van der Waals surface area (Å²) in [7, 11) is 0. The van der Waals surface area contributed by atoms with Gasteiger partial charge in [0.05, 0.1) is 5.56 Å². The highest BCUT2D eigenvalue weighted by molar-refractivity contribution is 5.69. The molecular weight excluding hydrogens is 365 g/mol. The summed E-state index contributed by atoms with van der Waals surface area (Å²) in [5.74, 6) is -6.40. The summed E-state index contributed by atoms with van der Waals surface area (Å²) in [6.45, 7) is 0. The highest BCUT2D eigenvalue weighted by Crippen LogP contribution is 2.37. The second kappa shape index (κ2) is 6.40. The third-order valence-corrected chi connectivity index (χ3v) is 3.48. The molecular formula is C17H7F7N2. The van der Waals surface area contributed by atoms with Gasteiger partial charge in [-0.25, -0.2) is 27.5 Å². The maximum atomic E-state index is 14.3. The van der Waals surface area contributed by atoms with Crippen molar-refractivity contribution < 1.29 is 30.7 Å². The molecule has 0 aliphatic rings. The summed E-state index contributed by atoms with van der Waals surface area (Å²) in [4.78, 5) is 7.62. The molecule has 1 aromatic heterocycles. The number of nitrogens with zero attached hydrogens (tertiary/aromatic N) is 2. The monoisotopic (exact) mass is 372 g/mol. The lowest BCUT2D eigenvalue weighted by atomic mass is 9.99. The van der Waals surface area contributed by atoms with Crippen LogP contribution in [0.4, 0.5) is 30.7 Å². The fraction of sp³-hybridized carbons (Fsp3) is 0.0588. The molecule has 3 aromatic rings. The molecule has 9 heteroatoms. The van der Waals surface area contributed by atoms with Crippen LogP contribution in [0.2, 0.25) is 0 Å². The zero-order valence-corrected chi connectivity index (χ0v) is 12.6. The molecule has 0 aliphatic heterocycles. The summed E-state index contributed by atoms with van der Waals surface area (Å²) in [5, 5.41) is 0. The molecule has 0 spiro atoms. The van der Waals surface area contributed by atoms with Crippen LogP contribution in [0.1, 0.15) is 5.56 Å². The first-order chi connectivity index (χ1) is 12.2. The first-order valence-electron chi connectivity index (χ1n) is 7.01. The van der Waals surface area contributed by atoms with Gasteiger partial charge in [0.15, 0.2) is 5.82 Å². The predicted molar refractivity (Wildman–Crippen MR) is 77.7 cm³/mol. The van der Waals surface area contributed by atoms with E-state index < -0.39 is 46.1 Å². The second-order valence-corrected chi connectivity index (χ2v) is 5.20. The number of rotatable bonds is 2. The van der Waals surface area contributed by atoms with E-state index in [-0.39, 0.29) is 23.5 Å². The van der Waals surface area contributed by atoms with Crippen molar-refractivity contribution >= 4 is 0 Å². The Labute approximate surface area is 142 Å². The van der Waals surface area contributed by atoms with Crippen LogP contribution in [0.25, 0.3) is 22.5 Å². The minimum absolute atomic E-state index is 0.00151. The van der Waals surface area contributed by atoms with Crippen molar-refractivity contribution in [2.75, 3.05) is 0 Å². The van der Waals surface area contributed by atoms with Gasteiger partial charge in [-0.3, -0.25) is 0 Å². The molecule has 0 bridgehead atoms. The van der Waals surface area contributed by atoms with Gasteiger partial charge in [0, 0.05) is 18.0 Å². The Morgan fingerprint density at radius 3 is 1.58 bits per heavy atom. The van der Waals surface area contributed by atoms with Crippen LogP contribution in [0, 0.1) is 23.3 Å². The van der Waals surface area contributed by atoms with E-state index in [1.54, 1.807) is 0 Å². The zero-order chi connectivity index (χ0) is 19.1. The van der Waals surface area contributed by atoms with Gasteiger partial charge in [-0.15, -0.1) is 0 Å². The summed E-state index contributed by atoms with van der Waals surface area (Å²) < 4.78 is 93.8. The minimum Gasteiger partial charge on any atom is -0.237 e. The van der Waals surface area contributed by atoms with Crippen LogP contribution in [0.15, 0.2) is 42.7 Å². The Bertz CT molecular complexity index is 923. The number of alkyl halides is 3. The number of aromatic nitrogens is 2. The van der Waals surface area contributed by atoms with Crippen molar-refractivity contribution in [1.29, 1.82) is 0 Å². The largest absolute Gasteiger partial charge is 0.422 e. The molecule has 0 unspecified atom stereocenters. The smallest absolute Gasteiger partial charge is 0.237 e. The van der Waals surface area contributed by atoms with E-state index in [9.17, 15) is 30.7 Å². The van der Waals surface area contributed by atoms with Gasteiger partial charge in [0.2, 0.25) is 0 Å². The van der Waals surface area contributed by atoms with Gasteiger partial charge in [0.1, 0.15) is 28.8 Å². The van der Waals surface area contributed by atoms with Crippen molar-refractivity contribution in [3.8, 4) is 22.5 Å². The Morgan fingerprint density at radius 2 is 1.12 bits per heavy atom. The number of hydrogen-bond acceptors (Lipinski definition) is 2. The summed E-state index contributed by atoms with van der Waals surface area (Å²) in [6.07, 6.45) is -2.60. The van der Waals surface area contributed by atoms with E-state index in [0.717, 1.165) is 12.1 Å². The van der Waals surface area contributed by atoms with E-state index in [4.69, 9.17) is 0 Å². The molecule has 134 valence electrons. The maximum absolute atomic E-state index is 14.3. The fourth-order valence-corrected chi connectivity index (χ4v) is 2.41. The van der Waals surface area contributed by atoms with E-state index in [1.165, 1.54) is 18.5 Å². The average molecular weight is 372 g/mol. The van der Waals surface area contributed by atoms with E-state index in [2.05, 4.69) is 9.97 Å². The summed E-state index contributed by atoms with van der Waals surface area (Å²) in [6, 6.07) is 3.58. The Hall–Kier alpha value is -2.97. The zero-order valence-electron chi connectivity index (χ0n) is 12.6. The van der Waals surface area contributed by atoms with Crippen LogP contribution in [0.3, 0.4) is 0 Å². The van der Waals surface area contributed by atoms with Gasteiger partial charge < -0.3 is 0 Å². The summed E-state index contributed by atoms with van der Waals surface area (Å²) in [5.41, 5.74) is -3.74. The van der Waals surface area contributed by atoms with Crippen LogP contribution in [-0.4, -0.2) is 9.97 Å². The highest BCUT2D eigenvalue weighted by atomic mass is 19.4. The van der Waals surface area contributed by atoms with Crippen molar-refractivity contribution in [2.45, 2.75) is 6.18 Å². The molecule has 0 fully saturated rings. The van der Waals surface area contributed by atoms with Crippen molar-refractivity contribution in [2.24, 2.45) is 0 Å². The normalized spacial score (nSPS) is 11.7. The van der Waals surface area contributed by atoms with Crippen molar-refractivity contribution in [1.82, 2.24) is 9.97 Å². The quantitative estimate of drug-likeness (QED) is 0.564. The lowest BCUT2D eigenvalue weighted by molar-refractivity contribution is -0.142. The average Bonchev–Trinajstić information content (AvgIpc) is 2.53. The molecule has 26 heavy (non-hydrogen) atoms. The van der Waals surface area contributed by atoms with Crippen LogP contribution in [0.5, 0.6) is 0 Å². The topological polar surface area (TPSA) is 25.8 Å². The Kier molecular flexibility index (Phi) is 4.39. The molecule has 0 aliphatic carbocycles. The minimum atomic E-state index is -5.28. The van der Waals surface area contributed by atoms with Crippen molar-refractivity contribution in [3.05, 3.63) is 71.6 Å². The Balaban J connectivity index is 2.14. The fourth-order valence-electron chi connectivity index (χ4n) is 2.41. The van der Waals surface area contributed by atoms with Gasteiger partial charge in [-0.05, 0) is 35.9 Å². The van der Waals surface area contributed by atoms with E-state index in [0.29, 0.717) is 0 Å². The summed E-state index contributed by atoms with van der Waals surface area (Å²) >= 11 is 0. The first kappa shape index (κ1) is 17.8. The molecule has 0 N–H and O–H groups in total. The molecule has 0 saturated heterocycles. The first-order valence-corrected chi connectivity index (χ1v) is 7.01. The molecule has 2 nitrogen and oxygen atoms in total. The van der Waals surface area contributed by atoms with E-state index >= 15 is 0 Å². The number of hydrogen-bond donors (Lipinski definition) is 0.